The van der Waals surface area contributed by atoms with Crippen LogP contribution in [0.25, 0.3) is 0 Å². The predicted molar refractivity (Wildman–Crippen MR) is 78.8 cm³/mol. The fourth-order valence-electron chi connectivity index (χ4n) is 3.54. The lowest BCUT2D eigenvalue weighted by atomic mass is 9.78. The highest BCUT2D eigenvalue weighted by atomic mass is 79.9. The summed E-state index contributed by atoms with van der Waals surface area (Å²) < 4.78 is 14.4. The topological polar surface area (TPSA) is 46.3 Å². The zero-order chi connectivity index (χ0) is 14.3. The third-order valence-electron chi connectivity index (χ3n) is 4.62. The number of benzene rings is 1. The average Bonchev–Trinajstić information content (AvgIpc) is 2.84. The van der Waals surface area contributed by atoms with Crippen molar-refractivity contribution in [2.45, 2.75) is 25.3 Å². The molecule has 20 heavy (non-hydrogen) atoms. The number of nitrogens with zero attached hydrogens (tertiary/aromatic N) is 1. The SMILES string of the molecule is NC1CCCC2CN(C(=O)c3c(F)cccc3Br)CC12. The minimum Gasteiger partial charge on any atom is -0.338 e. The highest BCUT2D eigenvalue weighted by Crippen LogP contribution is 2.36. The van der Waals surface area contributed by atoms with Gasteiger partial charge in [-0.2, -0.15) is 0 Å². The maximum absolute atomic E-state index is 13.9. The molecule has 1 aliphatic heterocycles. The summed E-state index contributed by atoms with van der Waals surface area (Å²) in [4.78, 5) is 14.3. The van der Waals surface area contributed by atoms with E-state index in [9.17, 15) is 9.18 Å². The molecule has 3 nitrogen and oxygen atoms in total. The van der Waals surface area contributed by atoms with Gasteiger partial charge in [0.25, 0.3) is 5.91 Å². The molecule has 0 radical (unpaired) electrons. The highest BCUT2D eigenvalue weighted by Gasteiger charge is 2.41. The van der Waals surface area contributed by atoms with E-state index in [1.165, 1.54) is 6.07 Å². The van der Waals surface area contributed by atoms with Crippen molar-refractivity contribution in [3.63, 3.8) is 0 Å². The van der Waals surface area contributed by atoms with Crippen LogP contribution in [0.2, 0.25) is 0 Å². The molecule has 1 heterocycles. The first kappa shape index (κ1) is 14.0. The number of rotatable bonds is 1. The van der Waals surface area contributed by atoms with Gasteiger partial charge in [-0.3, -0.25) is 4.79 Å². The normalized spacial score (nSPS) is 29.4. The quantitative estimate of drug-likeness (QED) is 0.854. The van der Waals surface area contributed by atoms with E-state index in [1.54, 1.807) is 17.0 Å². The van der Waals surface area contributed by atoms with Crippen molar-refractivity contribution in [3.8, 4) is 0 Å². The van der Waals surface area contributed by atoms with Crippen molar-refractivity contribution in [1.82, 2.24) is 4.90 Å². The Morgan fingerprint density at radius 2 is 2.15 bits per heavy atom. The largest absolute Gasteiger partial charge is 0.338 e. The molecule has 1 aliphatic carbocycles. The molecule has 2 fully saturated rings. The lowest BCUT2D eigenvalue weighted by molar-refractivity contribution is 0.0778. The van der Waals surface area contributed by atoms with Gasteiger partial charge in [-0.05, 0) is 52.7 Å². The van der Waals surface area contributed by atoms with E-state index < -0.39 is 5.82 Å². The average molecular weight is 341 g/mol. The minimum atomic E-state index is -0.469. The number of hydrogen-bond donors (Lipinski definition) is 1. The van der Waals surface area contributed by atoms with Gasteiger partial charge in [0.15, 0.2) is 0 Å². The van der Waals surface area contributed by atoms with E-state index >= 15 is 0 Å². The number of carbonyl (C=O) groups excluding carboxylic acids is 1. The molecule has 3 unspecified atom stereocenters. The summed E-state index contributed by atoms with van der Waals surface area (Å²) >= 11 is 3.27. The molecule has 1 aromatic carbocycles. The summed E-state index contributed by atoms with van der Waals surface area (Å²) in [6.45, 7) is 1.36. The van der Waals surface area contributed by atoms with E-state index in [0.717, 1.165) is 19.3 Å². The van der Waals surface area contributed by atoms with Crippen LogP contribution in [-0.4, -0.2) is 29.9 Å². The smallest absolute Gasteiger partial charge is 0.258 e. The standard InChI is InChI=1S/C15H18BrFN2O/c16-11-4-2-5-12(17)14(11)15(20)19-7-9-3-1-6-13(18)10(9)8-19/h2,4-5,9-10,13H,1,3,6-8,18H2. The van der Waals surface area contributed by atoms with E-state index in [4.69, 9.17) is 5.73 Å². The zero-order valence-corrected chi connectivity index (χ0v) is 12.8. The van der Waals surface area contributed by atoms with E-state index in [-0.39, 0.29) is 17.5 Å². The van der Waals surface area contributed by atoms with Gasteiger partial charge in [-0.25, -0.2) is 4.39 Å². The van der Waals surface area contributed by atoms with Crippen LogP contribution in [0.3, 0.4) is 0 Å². The van der Waals surface area contributed by atoms with Crippen LogP contribution in [0.5, 0.6) is 0 Å². The fraction of sp³-hybridized carbons (Fsp3) is 0.533. The lowest BCUT2D eigenvalue weighted by Gasteiger charge is -2.29. The first-order chi connectivity index (χ1) is 9.58. The Labute approximate surface area is 126 Å². The van der Waals surface area contributed by atoms with E-state index in [2.05, 4.69) is 15.9 Å². The van der Waals surface area contributed by atoms with Crippen molar-refractivity contribution in [2.24, 2.45) is 17.6 Å². The van der Waals surface area contributed by atoms with Gasteiger partial charge >= 0.3 is 0 Å². The van der Waals surface area contributed by atoms with Gasteiger partial charge in [0.1, 0.15) is 5.82 Å². The number of hydrogen-bond acceptors (Lipinski definition) is 2. The maximum atomic E-state index is 13.9. The van der Waals surface area contributed by atoms with Crippen molar-refractivity contribution >= 4 is 21.8 Å². The van der Waals surface area contributed by atoms with E-state index in [1.807, 2.05) is 0 Å². The van der Waals surface area contributed by atoms with Crippen molar-refractivity contribution in [3.05, 3.63) is 34.1 Å². The van der Waals surface area contributed by atoms with Crippen LogP contribution in [-0.2, 0) is 0 Å². The van der Waals surface area contributed by atoms with Crippen LogP contribution >= 0.6 is 15.9 Å². The molecular weight excluding hydrogens is 323 g/mol. The predicted octanol–water partition coefficient (Wildman–Crippen LogP) is 2.79. The molecule has 3 atom stereocenters. The third-order valence-corrected chi connectivity index (χ3v) is 5.28. The lowest BCUT2D eigenvalue weighted by Crippen LogP contribution is -2.38. The highest BCUT2D eigenvalue weighted by molar-refractivity contribution is 9.10. The summed E-state index contributed by atoms with van der Waals surface area (Å²) in [6.07, 6.45) is 3.29. The summed E-state index contributed by atoms with van der Waals surface area (Å²) in [5.41, 5.74) is 6.30. The molecule has 1 saturated carbocycles. The molecule has 108 valence electrons. The number of halogens is 2. The van der Waals surface area contributed by atoms with Crippen LogP contribution in [0.1, 0.15) is 29.6 Å². The van der Waals surface area contributed by atoms with Gasteiger partial charge in [-0.1, -0.05) is 12.5 Å². The Morgan fingerprint density at radius 3 is 2.85 bits per heavy atom. The number of carbonyl (C=O) groups is 1. The summed E-state index contributed by atoms with van der Waals surface area (Å²) in [5.74, 6) is 0.159. The number of nitrogens with two attached hydrogens (primary N) is 1. The summed E-state index contributed by atoms with van der Waals surface area (Å²) in [7, 11) is 0. The number of amides is 1. The maximum Gasteiger partial charge on any atom is 0.258 e. The van der Waals surface area contributed by atoms with Crippen LogP contribution in [0.15, 0.2) is 22.7 Å². The Bertz CT molecular complexity index is 516. The second-order valence-electron chi connectivity index (χ2n) is 5.83. The van der Waals surface area contributed by atoms with Gasteiger partial charge in [0.05, 0.1) is 5.56 Å². The molecule has 1 aromatic rings. The Morgan fingerprint density at radius 1 is 1.35 bits per heavy atom. The Hall–Kier alpha value is -0.940. The first-order valence-corrected chi connectivity index (χ1v) is 7.86. The fourth-order valence-corrected chi connectivity index (χ4v) is 4.05. The third kappa shape index (κ3) is 2.37. The number of likely N-dealkylation sites (tertiary alicyclic amines) is 1. The molecule has 1 saturated heterocycles. The monoisotopic (exact) mass is 340 g/mol. The molecule has 0 aromatic heterocycles. The Kier molecular flexibility index (Phi) is 3.82. The number of fused-ring (bicyclic) bond motifs is 1. The van der Waals surface area contributed by atoms with Crippen LogP contribution in [0.4, 0.5) is 4.39 Å². The zero-order valence-electron chi connectivity index (χ0n) is 11.2. The van der Waals surface area contributed by atoms with Gasteiger partial charge < -0.3 is 10.6 Å². The summed E-state index contributed by atoms with van der Waals surface area (Å²) in [6, 6.07) is 4.80. The molecular formula is C15H18BrFN2O. The first-order valence-electron chi connectivity index (χ1n) is 7.07. The molecule has 1 amide bonds. The van der Waals surface area contributed by atoms with Gasteiger partial charge in [0, 0.05) is 23.6 Å². The van der Waals surface area contributed by atoms with Crippen molar-refractivity contribution < 1.29 is 9.18 Å². The van der Waals surface area contributed by atoms with E-state index in [0.29, 0.717) is 29.4 Å². The second-order valence-corrected chi connectivity index (χ2v) is 6.68. The summed E-state index contributed by atoms with van der Waals surface area (Å²) in [5, 5.41) is 0. The molecule has 2 N–H and O–H groups in total. The molecule has 0 bridgehead atoms. The molecule has 3 rings (SSSR count). The minimum absolute atomic E-state index is 0.139. The second kappa shape index (κ2) is 5.45. The van der Waals surface area contributed by atoms with Gasteiger partial charge in [-0.15, -0.1) is 0 Å². The molecule has 5 heteroatoms. The van der Waals surface area contributed by atoms with Gasteiger partial charge in [0.2, 0.25) is 0 Å². The molecule has 0 spiro atoms. The van der Waals surface area contributed by atoms with Crippen molar-refractivity contribution in [1.29, 1.82) is 0 Å². The van der Waals surface area contributed by atoms with Crippen LogP contribution < -0.4 is 5.73 Å². The Balaban J connectivity index is 1.82. The van der Waals surface area contributed by atoms with Crippen molar-refractivity contribution in [2.75, 3.05) is 13.1 Å². The molecule has 2 aliphatic rings. The van der Waals surface area contributed by atoms with Crippen LogP contribution in [0, 0.1) is 17.7 Å².